The van der Waals surface area contributed by atoms with E-state index in [1.54, 1.807) is 116 Å². The van der Waals surface area contributed by atoms with E-state index >= 15 is 0 Å². The van der Waals surface area contributed by atoms with E-state index in [0.717, 1.165) is 44.2 Å². The van der Waals surface area contributed by atoms with Crippen LogP contribution < -0.4 is 5.46 Å². The number of aryl methyl sites for hydroxylation is 2. The first-order valence-electron chi connectivity index (χ1n) is 32.9. The zero-order chi connectivity index (χ0) is 80.6. The van der Waals surface area contributed by atoms with Crippen molar-refractivity contribution in [3.8, 4) is 55.6 Å². The number of fused-ring (bicyclic) bond motifs is 3. The van der Waals surface area contributed by atoms with E-state index in [0.29, 0.717) is 65.4 Å². The van der Waals surface area contributed by atoms with Gasteiger partial charge < -0.3 is 15.0 Å². The molecule has 0 radical (unpaired) electrons. The fourth-order valence-electron chi connectivity index (χ4n) is 11.4. The number of aromatic amines is 1. The molecule has 3 N–H and O–H groups in total. The zero-order valence-corrected chi connectivity index (χ0v) is 67.7. The van der Waals surface area contributed by atoms with Gasteiger partial charge in [-0.3, -0.25) is 0 Å². The zero-order valence-electron chi connectivity index (χ0n) is 59.8. The highest BCUT2D eigenvalue weighted by atomic mass is 79.9. The maximum absolute atomic E-state index is 14.4. The van der Waals surface area contributed by atoms with Crippen LogP contribution in [0.1, 0.15) is 11.1 Å². The van der Waals surface area contributed by atoms with Crippen molar-refractivity contribution in [2.45, 2.75) is 38.3 Å². The van der Waals surface area contributed by atoms with Crippen molar-refractivity contribution in [2.24, 2.45) is 0 Å². The van der Waals surface area contributed by atoms with Gasteiger partial charge in [0.15, 0.2) is 11.3 Å². The third-order valence-corrected chi connectivity index (χ3v) is 27.8. The summed E-state index contributed by atoms with van der Waals surface area (Å²) in [5.41, 5.74) is 8.32. The SMILES string of the molecule is CN(C)S(=O)(=O)c1cccc(-c2cnc3[nH]cc(-c4cccc(F)c4Cl)c3c2)c1.CN(C)S(=O)(=O)c1cccc(B(O)O)c1.Cc1ccc(S(=O)(=O)n2cc(-c3cccc(F)c3Cl)c3cc(-c4cccc(S(=O)(=O)N(C)C)c4)cnc32)cc1.Cc1ccc(S(=O)(=O)n2cc(-c3cccc(F)c3Cl)c3cc(Br)cnc32)cc1. The molecule has 111 heavy (non-hydrogen) atoms. The van der Waals surface area contributed by atoms with Crippen LogP contribution in [0.5, 0.6) is 0 Å². The second-order valence-electron chi connectivity index (χ2n) is 25.4. The lowest BCUT2D eigenvalue weighted by Crippen LogP contribution is -2.31. The second-order valence-corrected chi connectivity index (χ2v) is 37.6. The summed E-state index contributed by atoms with van der Waals surface area (Å²) in [6.45, 7) is 3.73. The fourth-order valence-corrected chi connectivity index (χ4v) is 17.9. The summed E-state index contributed by atoms with van der Waals surface area (Å²) in [7, 11) is -11.7. The van der Waals surface area contributed by atoms with Gasteiger partial charge in [-0.1, -0.05) is 143 Å². The average Bonchev–Trinajstić information content (AvgIpc) is 1.60. The van der Waals surface area contributed by atoms with Gasteiger partial charge in [0.1, 0.15) is 23.1 Å². The Kier molecular flexibility index (Phi) is 24.6. The summed E-state index contributed by atoms with van der Waals surface area (Å²) < 4.78 is 176. The Bertz CT molecular complexity index is 6550. The van der Waals surface area contributed by atoms with Gasteiger partial charge in [-0.2, -0.15) is 0 Å². The number of halogens is 7. The maximum Gasteiger partial charge on any atom is 0.488 e. The summed E-state index contributed by atoms with van der Waals surface area (Å²) in [5, 5.41) is 19.3. The van der Waals surface area contributed by atoms with Crippen LogP contribution in [0.2, 0.25) is 15.1 Å². The van der Waals surface area contributed by atoms with Crippen molar-refractivity contribution in [2.75, 3.05) is 42.3 Å². The normalized spacial score (nSPS) is 12.1. The lowest BCUT2D eigenvalue weighted by Gasteiger charge is -2.12. The van der Waals surface area contributed by atoms with Gasteiger partial charge in [0.2, 0.25) is 30.1 Å². The van der Waals surface area contributed by atoms with Gasteiger partial charge >= 0.3 is 7.12 Å². The number of pyridine rings is 3. The van der Waals surface area contributed by atoms with E-state index in [2.05, 4.69) is 35.9 Å². The average molecular weight is 1720 g/mol. The molecule has 0 atom stereocenters. The number of hydrogen-bond acceptors (Lipinski definition) is 15. The summed E-state index contributed by atoms with van der Waals surface area (Å²) in [6.07, 6.45) is 9.19. The highest BCUT2D eigenvalue weighted by Gasteiger charge is 2.29. The number of nitrogens with zero attached hydrogens (tertiary/aromatic N) is 8. The quantitative estimate of drug-likeness (QED) is 0.0758. The van der Waals surface area contributed by atoms with Crippen LogP contribution >= 0.6 is 50.7 Å². The molecule has 0 spiro atoms. The Balaban J connectivity index is 0.000000153. The summed E-state index contributed by atoms with van der Waals surface area (Å²) >= 11 is 22.0. The predicted octanol–water partition coefficient (Wildman–Crippen LogP) is 15.3. The van der Waals surface area contributed by atoms with Crippen LogP contribution in [0.25, 0.3) is 88.7 Å². The molecule has 14 rings (SSSR count). The van der Waals surface area contributed by atoms with Crippen LogP contribution in [0, 0.1) is 31.3 Å². The molecule has 0 bridgehead atoms. The van der Waals surface area contributed by atoms with E-state index in [4.69, 9.17) is 44.9 Å². The molecule has 0 aliphatic rings. The van der Waals surface area contributed by atoms with Crippen molar-refractivity contribution in [1.82, 2.24) is 40.8 Å². The van der Waals surface area contributed by atoms with E-state index in [1.165, 1.54) is 150 Å². The van der Waals surface area contributed by atoms with Crippen LogP contribution in [-0.2, 0) is 50.1 Å². The molecule has 0 saturated heterocycles. The largest absolute Gasteiger partial charge is 0.488 e. The number of rotatable bonds is 16. The maximum atomic E-state index is 14.4. The van der Waals surface area contributed by atoms with Crippen LogP contribution in [-0.4, -0.2) is 142 Å². The van der Waals surface area contributed by atoms with E-state index in [9.17, 15) is 55.3 Å². The Hall–Kier alpha value is -9.42. The van der Waals surface area contributed by atoms with Crippen molar-refractivity contribution in [1.29, 1.82) is 0 Å². The summed E-state index contributed by atoms with van der Waals surface area (Å²) in [5.74, 6) is -1.73. The highest BCUT2D eigenvalue weighted by molar-refractivity contribution is 9.10. The molecule has 6 aromatic heterocycles. The van der Waals surface area contributed by atoms with Gasteiger partial charge in [-0.05, 0) is 143 Å². The number of aromatic nitrogens is 6. The predicted molar refractivity (Wildman–Crippen MR) is 432 cm³/mol. The van der Waals surface area contributed by atoms with Crippen LogP contribution in [0.4, 0.5) is 13.2 Å². The van der Waals surface area contributed by atoms with Gasteiger partial charge in [0.05, 0.1) is 39.5 Å². The number of sulfonamides is 3. The number of benzene rings is 8. The molecule has 0 fully saturated rings. The van der Waals surface area contributed by atoms with Gasteiger partial charge in [-0.25, -0.2) is 91.1 Å². The smallest absolute Gasteiger partial charge is 0.423 e. The lowest BCUT2D eigenvalue weighted by molar-refractivity contribution is 0.425. The van der Waals surface area contributed by atoms with Crippen LogP contribution in [0.15, 0.2) is 260 Å². The minimum absolute atomic E-state index is 0.0397. The molecule has 34 heteroatoms. The van der Waals surface area contributed by atoms with E-state index in [1.807, 2.05) is 26.0 Å². The topological polar surface area (TPSA) is 285 Å². The minimum atomic E-state index is -4.07. The number of H-pyrrole nitrogens is 1. The van der Waals surface area contributed by atoms with E-state index < -0.39 is 74.7 Å². The molecule has 572 valence electrons. The van der Waals surface area contributed by atoms with Crippen molar-refractivity contribution in [3.05, 3.63) is 279 Å². The Labute approximate surface area is 663 Å². The molecule has 21 nitrogen and oxygen atoms in total. The summed E-state index contributed by atoms with van der Waals surface area (Å²) in [6, 6.07) is 50.2. The Morgan fingerprint density at radius 1 is 0.405 bits per heavy atom. The molecular formula is C77H65BBrCl3F3N9O12S5. The third-order valence-electron chi connectivity index (χ3n) is 17.4. The van der Waals surface area contributed by atoms with Crippen molar-refractivity contribution in [3.63, 3.8) is 0 Å². The Morgan fingerprint density at radius 3 is 1.18 bits per heavy atom. The minimum Gasteiger partial charge on any atom is -0.423 e. The number of nitrogens with one attached hydrogen (secondary N) is 1. The molecule has 8 aromatic carbocycles. The summed E-state index contributed by atoms with van der Waals surface area (Å²) in [4.78, 5) is 16.8. The van der Waals surface area contributed by atoms with Crippen molar-refractivity contribution < 1.29 is 65.3 Å². The van der Waals surface area contributed by atoms with E-state index in [-0.39, 0.29) is 56.3 Å². The molecule has 14 aromatic rings. The lowest BCUT2D eigenvalue weighted by atomic mass is 9.80. The van der Waals surface area contributed by atoms with Gasteiger partial charge in [0.25, 0.3) is 20.0 Å². The monoisotopic (exact) mass is 1720 g/mol. The van der Waals surface area contributed by atoms with Gasteiger partial charge in [-0.15, -0.1) is 0 Å². The molecule has 0 unspecified atom stereocenters. The highest BCUT2D eigenvalue weighted by Crippen LogP contribution is 2.42. The van der Waals surface area contributed by atoms with Crippen LogP contribution in [0.3, 0.4) is 0 Å². The fraction of sp³-hybridized carbons (Fsp3) is 0.104. The molecule has 0 saturated carbocycles. The molecular weight excluding hydrogens is 1660 g/mol. The van der Waals surface area contributed by atoms with Gasteiger partial charge in [0, 0.05) is 145 Å². The first-order chi connectivity index (χ1) is 52.3. The molecule has 0 aliphatic carbocycles. The second kappa shape index (κ2) is 33.1. The molecule has 0 amide bonds. The third kappa shape index (κ3) is 17.2. The standard InChI is InChI=1S/C28H23ClFN3O4S2.C21H17ClFN3O2S.C20H13BrClFN2O2S.C8H12BNO4S/c1-18-10-12-21(13-11-18)39(36,37)33-17-25(23-8-5-9-26(30)27(23)29)24-15-20(16-31-28(24)33)19-6-4-7-22(14-19)38(34,35)32(2)3;1-26(2)29(27,28)15-6-3-5-13(9-15)14-10-17-18(12-25-21(17)24-11-14)16-7-4-8-19(23)20(16)22;1-12-5-7-14(8-6-12)28(26,27)25-11-17(15-3-2-4-18(23)19(15)22)16-9-13(21)10-24-20(16)25;1-10(2)15(13,14)8-5-3-4-7(6-8)9(11)12/h4-17H,1-3H3;3-12H,1-2H3,(H,24,25);2-11H,1H3;3-6,11-12H,1-2H3. The van der Waals surface area contributed by atoms with Crippen molar-refractivity contribution >= 4 is 147 Å². The Morgan fingerprint density at radius 2 is 0.766 bits per heavy atom. The number of hydrogen-bond donors (Lipinski definition) is 3. The first-order valence-corrected chi connectivity index (χ1v) is 42.0. The molecule has 6 heterocycles. The first kappa shape index (κ1) is 82.5. The molecule has 0 aliphatic heterocycles.